The summed E-state index contributed by atoms with van der Waals surface area (Å²) in [6.45, 7) is 1.75. The summed E-state index contributed by atoms with van der Waals surface area (Å²) in [6, 6.07) is 12.9. The number of fused-ring (bicyclic) bond motifs is 1. The molecule has 11 heteroatoms. The summed E-state index contributed by atoms with van der Waals surface area (Å²) in [4.78, 5) is 37.3. The average Bonchev–Trinajstić information content (AvgIpc) is 2.91. The van der Waals surface area contributed by atoms with E-state index in [2.05, 4.69) is 44.7 Å². The van der Waals surface area contributed by atoms with Crippen LogP contribution in [0.15, 0.2) is 53.5 Å². The Kier molecular flexibility index (Phi) is 7.83. The maximum atomic E-state index is 13.2. The smallest absolute Gasteiger partial charge is 0.282 e. The molecule has 0 saturated heterocycles. The number of halogens is 2. The molecule has 2 N–H and O–H groups in total. The van der Waals surface area contributed by atoms with Crippen LogP contribution in [0.1, 0.15) is 41.7 Å². The van der Waals surface area contributed by atoms with E-state index in [1.165, 1.54) is 10.9 Å². The molecule has 2 aromatic carbocycles. The highest BCUT2D eigenvalue weighted by Crippen LogP contribution is 2.28. The van der Waals surface area contributed by atoms with Crippen molar-refractivity contribution in [2.45, 2.75) is 44.7 Å². The number of aryl methyl sites for hydroxylation is 1. The number of carbonyl (C=O) groups excluding carboxylic acids is 1. The molecule has 1 saturated carbocycles. The number of anilines is 2. The number of aromatic nitrogens is 4. The second kappa shape index (κ2) is 11.3. The van der Waals surface area contributed by atoms with Gasteiger partial charge < -0.3 is 15.5 Å². The van der Waals surface area contributed by atoms with Gasteiger partial charge in [0, 0.05) is 29.5 Å². The summed E-state index contributed by atoms with van der Waals surface area (Å²) in [5.74, 6) is 0.171. The van der Waals surface area contributed by atoms with Crippen molar-refractivity contribution in [1.82, 2.24) is 30.0 Å². The van der Waals surface area contributed by atoms with Crippen molar-refractivity contribution >= 4 is 51.6 Å². The highest BCUT2D eigenvalue weighted by atomic mass is 35.5. The van der Waals surface area contributed by atoms with Gasteiger partial charge in [-0.3, -0.25) is 9.59 Å². The monoisotopic (exact) mass is 565 g/mol. The molecule has 9 nitrogen and oxygen atoms in total. The molecular formula is C28H29Cl2N7O2. The average molecular weight is 566 g/mol. The van der Waals surface area contributed by atoms with Gasteiger partial charge in [0.25, 0.3) is 11.5 Å². The maximum Gasteiger partial charge on any atom is 0.282 e. The van der Waals surface area contributed by atoms with Crippen LogP contribution >= 0.6 is 23.2 Å². The highest BCUT2D eigenvalue weighted by molar-refractivity contribution is 6.37. The van der Waals surface area contributed by atoms with Gasteiger partial charge in [-0.2, -0.15) is 9.78 Å². The highest BCUT2D eigenvalue weighted by Gasteiger charge is 2.24. The Morgan fingerprint density at radius 1 is 1.05 bits per heavy atom. The molecule has 4 aromatic rings. The van der Waals surface area contributed by atoms with E-state index in [0.717, 1.165) is 25.7 Å². The first-order chi connectivity index (χ1) is 18.7. The molecule has 5 rings (SSSR count). The zero-order chi connectivity index (χ0) is 27.7. The van der Waals surface area contributed by atoms with E-state index >= 15 is 0 Å². The first-order valence-electron chi connectivity index (χ1n) is 12.8. The van der Waals surface area contributed by atoms with E-state index in [1.807, 2.05) is 6.07 Å². The molecule has 1 amide bonds. The number of nitrogens with one attached hydrogen (secondary N) is 2. The van der Waals surface area contributed by atoms with Gasteiger partial charge in [0.05, 0.1) is 21.1 Å². The van der Waals surface area contributed by atoms with Crippen molar-refractivity contribution in [2.75, 3.05) is 19.4 Å². The van der Waals surface area contributed by atoms with Crippen molar-refractivity contribution in [2.24, 2.45) is 0 Å². The molecule has 2 heterocycles. The van der Waals surface area contributed by atoms with Gasteiger partial charge >= 0.3 is 0 Å². The summed E-state index contributed by atoms with van der Waals surface area (Å²) in [7, 11) is 4.21. The number of rotatable bonds is 6. The summed E-state index contributed by atoms with van der Waals surface area (Å²) in [6.07, 6.45) is 5.53. The zero-order valence-electron chi connectivity index (χ0n) is 21.9. The summed E-state index contributed by atoms with van der Waals surface area (Å²) < 4.78 is 1.17. The van der Waals surface area contributed by atoms with Gasteiger partial charge in [-0.25, -0.2) is 9.97 Å². The lowest BCUT2D eigenvalue weighted by molar-refractivity contribution is 0.0916. The quantitative estimate of drug-likeness (QED) is 0.333. The fourth-order valence-electron chi connectivity index (χ4n) is 4.95. The van der Waals surface area contributed by atoms with Gasteiger partial charge in [-0.1, -0.05) is 35.3 Å². The molecule has 0 radical (unpaired) electrons. The number of para-hydroxylation sites is 1. The minimum atomic E-state index is -0.435. The maximum absolute atomic E-state index is 13.2. The standard InChI is InChI=1S/C28H29Cl2N7O2/c1-16-24-21(27(39)37(35-16)25-22(29)8-5-9-23(25)30)15-31-28(34-24)33-19-7-4-6-17(14-19)26(38)32-18-10-12-20(13-11-18)36(2)3/h4-9,14-15,18,20H,10-13H2,1-3H3,(H,32,38)(H,31,33,34). The fourth-order valence-corrected chi connectivity index (χ4v) is 5.50. The Bertz CT molecular complexity index is 1580. The third kappa shape index (κ3) is 5.75. The lowest BCUT2D eigenvalue weighted by atomic mass is 9.90. The SMILES string of the molecule is Cc1nn(-c2c(Cl)cccc2Cl)c(=O)c2cnc(Nc3cccc(C(=O)NC4CCC(N(C)C)CC4)c3)nc12. The number of hydrogen-bond donors (Lipinski definition) is 2. The van der Waals surface area contributed by atoms with Crippen molar-refractivity contribution in [3.05, 3.63) is 80.3 Å². The van der Waals surface area contributed by atoms with Gasteiger partial charge in [-0.15, -0.1) is 0 Å². The van der Waals surface area contributed by atoms with Crippen LogP contribution in [0.3, 0.4) is 0 Å². The Hall–Kier alpha value is -3.53. The summed E-state index contributed by atoms with van der Waals surface area (Å²) >= 11 is 12.6. The van der Waals surface area contributed by atoms with Crippen LogP contribution in [0, 0.1) is 6.92 Å². The molecule has 2 aromatic heterocycles. The third-order valence-corrected chi connectivity index (χ3v) is 7.71. The topological polar surface area (TPSA) is 105 Å². The second-order valence-electron chi connectivity index (χ2n) is 9.98. The summed E-state index contributed by atoms with van der Waals surface area (Å²) in [5, 5.41) is 11.6. The number of carbonyl (C=O) groups is 1. The van der Waals surface area contributed by atoms with Crippen LogP contribution in [0.4, 0.5) is 11.6 Å². The molecular weight excluding hydrogens is 537 g/mol. The lowest BCUT2D eigenvalue weighted by Crippen LogP contribution is -2.41. The van der Waals surface area contributed by atoms with Crippen LogP contribution < -0.4 is 16.2 Å². The Labute approximate surface area is 236 Å². The number of amides is 1. The molecule has 1 aliphatic rings. The van der Waals surface area contributed by atoms with E-state index < -0.39 is 5.56 Å². The normalized spacial score (nSPS) is 17.4. The van der Waals surface area contributed by atoms with Crippen molar-refractivity contribution in [1.29, 1.82) is 0 Å². The van der Waals surface area contributed by atoms with E-state index in [-0.39, 0.29) is 23.3 Å². The molecule has 0 atom stereocenters. The third-order valence-electron chi connectivity index (χ3n) is 7.10. The van der Waals surface area contributed by atoms with Gasteiger partial charge in [0.2, 0.25) is 5.95 Å². The Morgan fingerprint density at radius 2 is 1.74 bits per heavy atom. The summed E-state index contributed by atoms with van der Waals surface area (Å²) in [5.41, 5.74) is 1.98. The molecule has 0 bridgehead atoms. The molecule has 1 aliphatic carbocycles. The second-order valence-corrected chi connectivity index (χ2v) is 10.8. The number of benzene rings is 2. The first kappa shape index (κ1) is 27.1. The largest absolute Gasteiger partial charge is 0.349 e. The van der Waals surface area contributed by atoms with Crippen LogP contribution in [0.5, 0.6) is 0 Å². The lowest BCUT2D eigenvalue weighted by Gasteiger charge is -2.33. The molecule has 39 heavy (non-hydrogen) atoms. The van der Waals surface area contributed by atoms with Crippen molar-refractivity contribution in [3.63, 3.8) is 0 Å². The minimum Gasteiger partial charge on any atom is -0.349 e. The van der Waals surface area contributed by atoms with Crippen LogP contribution in [0.2, 0.25) is 10.0 Å². The van der Waals surface area contributed by atoms with Gasteiger partial charge in [0.1, 0.15) is 11.2 Å². The van der Waals surface area contributed by atoms with E-state index in [9.17, 15) is 9.59 Å². The van der Waals surface area contributed by atoms with Gasteiger partial charge in [0.15, 0.2) is 0 Å². The van der Waals surface area contributed by atoms with Gasteiger partial charge in [-0.05, 0) is 77.0 Å². The zero-order valence-corrected chi connectivity index (χ0v) is 23.4. The fraction of sp³-hybridized carbons (Fsp3) is 0.321. The Balaban J connectivity index is 1.35. The molecule has 1 fully saturated rings. The van der Waals surface area contributed by atoms with E-state index in [0.29, 0.717) is 44.2 Å². The number of nitrogens with zero attached hydrogens (tertiary/aromatic N) is 5. The van der Waals surface area contributed by atoms with E-state index in [1.54, 1.807) is 43.3 Å². The molecule has 0 unspecified atom stereocenters. The van der Waals surface area contributed by atoms with Crippen LogP contribution in [0.25, 0.3) is 16.6 Å². The number of hydrogen-bond acceptors (Lipinski definition) is 7. The van der Waals surface area contributed by atoms with Crippen LogP contribution in [-0.4, -0.2) is 56.7 Å². The predicted octanol–water partition coefficient (Wildman–Crippen LogP) is 5.14. The van der Waals surface area contributed by atoms with Crippen LogP contribution in [-0.2, 0) is 0 Å². The minimum absolute atomic E-state index is 0.106. The molecule has 0 aliphatic heterocycles. The van der Waals surface area contributed by atoms with E-state index in [4.69, 9.17) is 23.2 Å². The molecule has 0 spiro atoms. The Morgan fingerprint density at radius 3 is 2.44 bits per heavy atom. The predicted molar refractivity (Wildman–Crippen MR) is 155 cm³/mol. The first-order valence-corrected chi connectivity index (χ1v) is 13.5. The molecule has 202 valence electrons. The van der Waals surface area contributed by atoms with Crippen molar-refractivity contribution in [3.8, 4) is 5.69 Å². The van der Waals surface area contributed by atoms with Crippen molar-refractivity contribution < 1.29 is 4.79 Å².